The second kappa shape index (κ2) is 4.68. The summed E-state index contributed by atoms with van der Waals surface area (Å²) >= 11 is 6.00. The second-order valence-electron chi connectivity index (χ2n) is 6.23. The van der Waals surface area contributed by atoms with E-state index in [1.54, 1.807) is 0 Å². The molecule has 1 fully saturated rings. The minimum Gasteiger partial charge on any atom is -0.486 e. The number of aliphatic hydroxyl groups is 1. The average molecular weight is 281 g/mol. The SMILES string of the molecule is CC1CCCC2(C[C@H](O)c3cc(Cl)ccc3O2)C1C. The molecule has 3 unspecified atom stereocenters. The van der Waals surface area contributed by atoms with Gasteiger partial charge in [-0.05, 0) is 42.9 Å². The van der Waals surface area contributed by atoms with Gasteiger partial charge >= 0.3 is 0 Å². The zero-order valence-electron chi connectivity index (χ0n) is 11.5. The lowest BCUT2D eigenvalue weighted by atomic mass is 9.67. The maximum absolute atomic E-state index is 10.5. The summed E-state index contributed by atoms with van der Waals surface area (Å²) in [4.78, 5) is 0. The van der Waals surface area contributed by atoms with Crippen molar-refractivity contribution in [2.45, 2.75) is 51.2 Å². The maximum Gasteiger partial charge on any atom is 0.126 e. The molecule has 0 radical (unpaired) electrons. The normalized spacial score (nSPS) is 37.8. The topological polar surface area (TPSA) is 29.5 Å². The van der Waals surface area contributed by atoms with Crippen molar-refractivity contribution in [2.75, 3.05) is 0 Å². The van der Waals surface area contributed by atoms with Gasteiger partial charge < -0.3 is 9.84 Å². The third kappa shape index (κ3) is 2.15. The van der Waals surface area contributed by atoms with Gasteiger partial charge in [0.05, 0.1) is 6.10 Å². The Bertz CT molecular complexity index is 488. The van der Waals surface area contributed by atoms with Crippen LogP contribution in [0.2, 0.25) is 5.02 Å². The van der Waals surface area contributed by atoms with Crippen LogP contribution in [0.1, 0.15) is 51.2 Å². The van der Waals surface area contributed by atoms with E-state index in [9.17, 15) is 5.11 Å². The Labute approximate surface area is 119 Å². The molecule has 19 heavy (non-hydrogen) atoms. The molecule has 1 aromatic carbocycles. The average Bonchev–Trinajstić information content (AvgIpc) is 2.37. The van der Waals surface area contributed by atoms with E-state index in [4.69, 9.17) is 16.3 Å². The Morgan fingerprint density at radius 3 is 2.95 bits per heavy atom. The molecule has 2 nitrogen and oxygen atoms in total. The van der Waals surface area contributed by atoms with Gasteiger partial charge in [0.15, 0.2) is 0 Å². The van der Waals surface area contributed by atoms with Gasteiger partial charge in [-0.1, -0.05) is 31.9 Å². The number of aliphatic hydroxyl groups excluding tert-OH is 1. The monoisotopic (exact) mass is 280 g/mol. The first-order valence-electron chi connectivity index (χ1n) is 7.18. The van der Waals surface area contributed by atoms with Crippen molar-refractivity contribution in [1.82, 2.24) is 0 Å². The summed E-state index contributed by atoms with van der Waals surface area (Å²) in [6.07, 6.45) is 3.70. The lowest BCUT2D eigenvalue weighted by molar-refractivity contribution is -0.0879. The molecule has 0 amide bonds. The number of hydrogen-bond donors (Lipinski definition) is 1. The maximum atomic E-state index is 10.5. The highest BCUT2D eigenvalue weighted by atomic mass is 35.5. The van der Waals surface area contributed by atoms with E-state index >= 15 is 0 Å². The van der Waals surface area contributed by atoms with E-state index < -0.39 is 6.10 Å². The molecule has 1 aliphatic carbocycles. The van der Waals surface area contributed by atoms with E-state index in [0.717, 1.165) is 17.7 Å². The molecule has 1 saturated carbocycles. The van der Waals surface area contributed by atoms with Crippen LogP contribution in [0.3, 0.4) is 0 Å². The fraction of sp³-hybridized carbons (Fsp3) is 0.625. The van der Waals surface area contributed by atoms with Crippen LogP contribution in [0, 0.1) is 11.8 Å². The predicted molar refractivity (Wildman–Crippen MR) is 76.6 cm³/mol. The molecule has 0 bridgehead atoms. The summed E-state index contributed by atoms with van der Waals surface area (Å²) in [5.41, 5.74) is 0.640. The van der Waals surface area contributed by atoms with Crippen LogP contribution in [0.4, 0.5) is 0 Å². The van der Waals surface area contributed by atoms with Crippen LogP contribution in [0.15, 0.2) is 18.2 Å². The fourth-order valence-corrected chi connectivity index (χ4v) is 3.90. The first kappa shape index (κ1) is 13.3. The van der Waals surface area contributed by atoms with Crippen LogP contribution in [-0.4, -0.2) is 10.7 Å². The molecule has 1 heterocycles. The number of ether oxygens (including phenoxy) is 1. The summed E-state index contributed by atoms with van der Waals surface area (Å²) < 4.78 is 6.35. The summed E-state index contributed by atoms with van der Waals surface area (Å²) in [5.74, 6) is 1.93. The van der Waals surface area contributed by atoms with E-state index in [2.05, 4.69) is 13.8 Å². The van der Waals surface area contributed by atoms with Crippen molar-refractivity contribution in [2.24, 2.45) is 11.8 Å². The van der Waals surface area contributed by atoms with Gasteiger partial charge in [-0.25, -0.2) is 0 Å². The van der Waals surface area contributed by atoms with Crippen molar-refractivity contribution >= 4 is 11.6 Å². The quantitative estimate of drug-likeness (QED) is 0.765. The summed E-state index contributed by atoms with van der Waals surface area (Å²) in [7, 11) is 0. The number of hydrogen-bond acceptors (Lipinski definition) is 2. The molecular weight excluding hydrogens is 260 g/mol. The molecule has 1 aliphatic heterocycles. The van der Waals surface area contributed by atoms with Crippen molar-refractivity contribution in [1.29, 1.82) is 0 Å². The summed E-state index contributed by atoms with van der Waals surface area (Å²) in [6, 6.07) is 5.56. The number of rotatable bonds is 0. The minimum absolute atomic E-state index is 0.197. The first-order chi connectivity index (χ1) is 9.02. The third-order valence-electron chi connectivity index (χ3n) is 5.13. The van der Waals surface area contributed by atoms with Gasteiger partial charge in [0.2, 0.25) is 0 Å². The zero-order valence-corrected chi connectivity index (χ0v) is 12.3. The van der Waals surface area contributed by atoms with E-state index in [-0.39, 0.29) is 5.60 Å². The van der Waals surface area contributed by atoms with Gasteiger partial charge in [0.25, 0.3) is 0 Å². The van der Waals surface area contributed by atoms with Gasteiger partial charge in [-0.3, -0.25) is 0 Å². The van der Waals surface area contributed by atoms with Crippen molar-refractivity contribution < 1.29 is 9.84 Å². The van der Waals surface area contributed by atoms with Crippen LogP contribution in [-0.2, 0) is 0 Å². The van der Waals surface area contributed by atoms with E-state index in [0.29, 0.717) is 23.3 Å². The molecule has 2 aliphatic rings. The van der Waals surface area contributed by atoms with Gasteiger partial charge in [-0.2, -0.15) is 0 Å². The number of fused-ring (bicyclic) bond motifs is 1. The Kier molecular flexibility index (Phi) is 3.26. The zero-order chi connectivity index (χ0) is 13.6. The molecule has 1 aromatic rings. The predicted octanol–water partition coefficient (Wildman–Crippen LogP) is 4.35. The molecule has 1 spiro atoms. The third-order valence-corrected chi connectivity index (χ3v) is 5.36. The Morgan fingerprint density at radius 1 is 1.37 bits per heavy atom. The van der Waals surface area contributed by atoms with Crippen LogP contribution < -0.4 is 4.74 Å². The Morgan fingerprint density at radius 2 is 2.16 bits per heavy atom. The largest absolute Gasteiger partial charge is 0.486 e. The standard InChI is InChI=1S/C16H21ClO2/c1-10-4-3-7-16(11(10)2)9-14(18)13-8-12(17)5-6-15(13)19-16/h5-6,8,10-11,14,18H,3-4,7,9H2,1-2H3/t10?,11?,14-,16?/m0/s1. The van der Waals surface area contributed by atoms with Crippen LogP contribution >= 0.6 is 11.6 Å². The second-order valence-corrected chi connectivity index (χ2v) is 6.66. The van der Waals surface area contributed by atoms with Crippen LogP contribution in [0.5, 0.6) is 5.75 Å². The van der Waals surface area contributed by atoms with Crippen LogP contribution in [0.25, 0.3) is 0 Å². The highest BCUT2D eigenvalue weighted by molar-refractivity contribution is 6.30. The molecular formula is C16H21ClO2. The lowest BCUT2D eigenvalue weighted by Crippen LogP contribution is -2.50. The van der Waals surface area contributed by atoms with Gasteiger partial charge in [0, 0.05) is 17.0 Å². The molecule has 3 rings (SSSR count). The van der Waals surface area contributed by atoms with Crippen molar-refractivity contribution in [3.05, 3.63) is 28.8 Å². The molecule has 4 atom stereocenters. The van der Waals surface area contributed by atoms with Crippen molar-refractivity contribution in [3.8, 4) is 5.75 Å². The van der Waals surface area contributed by atoms with Gasteiger partial charge in [0.1, 0.15) is 11.4 Å². The fourth-order valence-electron chi connectivity index (χ4n) is 3.72. The Balaban J connectivity index is 1.98. The molecule has 0 saturated heterocycles. The Hall–Kier alpha value is -0.730. The summed E-state index contributed by atoms with van der Waals surface area (Å²) in [6.45, 7) is 4.55. The molecule has 1 N–H and O–H groups in total. The highest BCUT2D eigenvalue weighted by Gasteiger charge is 2.48. The first-order valence-corrected chi connectivity index (χ1v) is 7.56. The number of benzene rings is 1. The molecule has 3 heteroatoms. The minimum atomic E-state index is -0.463. The molecule has 104 valence electrons. The van der Waals surface area contributed by atoms with E-state index in [1.165, 1.54) is 12.8 Å². The number of halogens is 1. The smallest absolute Gasteiger partial charge is 0.126 e. The molecule has 0 aromatic heterocycles. The highest BCUT2D eigenvalue weighted by Crippen LogP contribution is 2.50. The van der Waals surface area contributed by atoms with Crippen molar-refractivity contribution in [3.63, 3.8) is 0 Å². The lowest BCUT2D eigenvalue weighted by Gasteiger charge is -2.49. The van der Waals surface area contributed by atoms with E-state index in [1.807, 2.05) is 18.2 Å². The summed E-state index contributed by atoms with van der Waals surface area (Å²) in [5, 5.41) is 11.1. The van der Waals surface area contributed by atoms with Gasteiger partial charge in [-0.15, -0.1) is 0 Å².